The van der Waals surface area contributed by atoms with Crippen LogP contribution in [0.15, 0.2) is 53.4 Å². The molecule has 2 heterocycles. The minimum absolute atomic E-state index is 0.000473. The Balaban J connectivity index is 1.76. The number of hydrogen-bond donors (Lipinski definition) is 0. The molecule has 4 nitrogen and oxygen atoms in total. The predicted molar refractivity (Wildman–Crippen MR) is 96.5 cm³/mol. The zero-order chi connectivity index (χ0) is 17.4. The van der Waals surface area contributed by atoms with Gasteiger partial charge in [-0.2, -0.15) is 4.31 Å². The minimum atomic E-state index is -3.76. The molecule has 130 valence electrons. The number of nitrogens with zero attached hydrogens (tertiary/aromatic N) is 2. The molecule has 1 aliphatic heterocycles. The van der Waals surface area contributed by atoms with Crippen LogP contribution >= 0.6 is 11.3 Å². The van der Waals surface area contributed by atoms with E-state index < -0.39 is 15.8 Å². The maximum Gasteiger partial charge on any atom is 0.243 e. The SMILES string of the molecule is O=S(=O)(c1cccc(F)c1)N1CCCC[C@@H]1c1nc2ccccc2s1. The Morgan fingerprint density at radius 1 is 1.12 bits per heavy atom. The minimum Gasteiger partial charge on any atom is -0.239 e. The van der Waals surface area contributed by atoms with Gasteiger partial charge in [-0.05, 0) is 43.2 Å². The van der Waals surface area contributed by atoms with Crippen molar-refractivity contribution in [1.29, 1.82) is 0 Å². The molecular weight excluding hydrogens is 359 g/mol. The summed E-state index contributed by atoms with van der Waals surface area (Å²) in [6, 6.07) is 12.7. The van der Waals surface area contributed by atoms with Crippen LogP contribution in [-0.2, 0) is 10.0 Å². The molecule has 0 bridgehead atoms. The second kappa shape index (κ2) is 6.48. The molecule has 1 saturated heterocycles. The summed E-state index contributed by atoms with van der Waals surface area (Å²) in [5, 5.41) is 0.806. The number of halogens is 1. The van der Waals surface area contributed by atoms with E-state index in [1.807, 2.05) is 24.3 Å². The number of sulfonamides is 1. The van der Waals surface area contributed by atoms with Gasteiger partial charge in [0.2, 0.25) is 10.0 Å². The van der Waals surface area contributed by atoms with Gasteiger partial charge in [-0.15, -0.1) is 11.3 Å². The van der Waals surface area contributed by atoms with Crippen molar-refractivity contribution in [3.63, 3.8) is 0 Å². The van der Waals surface area contributed by atoms with E-state index in [0.29, 0.717) is 6.54 Å². The summed E-state index contributed by atoms with van der Waals surface area (Å²) in [6.45, 7) is 0.430. The fourth-order valence-electron chi connectivity index (χ4n) is 3.23. The highest BCUT2D eigenvalue weighted by Gasteiger charge is 2.36. The molecule has 0 unspecified atom stereocenters. The molecule has 3 aromatic rings. The molecule has 7 heteroatoms. The zero-order valence-corrected chi connectivity index (χ0v) is 15.1. The monoisotopic (exact) mass is 376 g/mol. The lowest BCUT2D eigenvalue weighted by molar-refractivity contribution is 0.255. The van der Waals surface area contributed by atoms with E-state index in [4.69, 9.17) is 0 Å². The zero-order valence-electron chi connectivity index (χ0n) is 13.4. The summed E-state index contributed by atoms with van der Waals surface area (Å²) in [6.07, 6.45) is 2.49. The van der Waals surface area contributed by atoms with E-state index in [1.54, 1.807) is 0 Å². The first-order chi connectivity index (χ1) is 12.1. The molecule has 0 saturated carbocycles. The van der Waals surface area contributed by atoms with Gasteiger partial charge in [0.25, 0.3) is 0 Å². The van der Waals surface area contributed by atoms with Gasteiger partial charge in [0.05, 0.1) is 21.2 Å². The summed E-state index contributed by atoms with van der Waals surface area (Å²) < 4.78 is 42.2. The Kier molecular flexibility index (Phi) is 4.31. The smallest absolute Gasteiger partial charge is 0.239 e. The molecule has 4 rings (SSSR count). The van der Waals surface area contributed by atoms with E-state index in [9.17, 15) is 12.8 Å². The molecule has 25 heavy (non-hydrogen) atoms. The first-order valence-electron chi connectivity index (χ1n) is 8.18. The van der Waals surface area contributed by atoms with Crippen LogP contribution in [0.3, 0.4) is 0 Å². The lowest BCUT2D eigenvalue weighted by Gasteiger charge is -2.33. The van der Waals surface area contributed by atoms with Gasteiger partial charge in [0.1, 0.15) is 10.8 Å². The van der Waals surface area contributed by atoms with Crippen molar-refractivity contribution in [2.45, 2.75) is 30.2 Å². The average Bonchev–Trinajstić information content (AvgIpc) is 3.06. The first kappa shape index (κ1) is 16.6. The van der Waals surface area contributed by atoms with E-state index in [1.165, 1.54) is 33.8 Å². The van der Waals surface area contributed by atoms with Gasteiger partial charge < -0.3 is 0 Å². The van der Waals surface area contributed by atoms with Crippen molar-refractivity contribution in [2.24, 2.45) is 0 Å². The standard InChI is InChI=1S/C18H17FN2O2S2/c19-13-6-5-7-14(12-13)25(22,23)21-11-4-3-9-16(21)18-20-15-8-1-2-10-17(15)24-18/h1-2,5-8,10,12,16H,3-4,9,11H2/t16-/m1/s1. The number of thiazole rings is 1. The molecule has 0 amide bonds. The number of rotatable bonds is 3. The highest BCUT2D eigenvalue weighted by molar-refractivity contribution is 7.89. The predicted octanol–water partition coefficient (Wildman–Crippen LogP) is 4.35. The molecule has 0 radical (unpaired) electrons. The second-order valence-corrected chi connectivity index (χ2v) is 9.06. The molecule has 1 atom stereocenters. The Morgan fingerprint density at radius 2 is 1.96 bits per heavy atom. The fourth-order valence-corrected chi connectivity index (χ4v) is 6.11. The van der Waals surface area contributed by atoms with Gasteiger partial charge in [0.15, 0.2) is 0 Å². The number of benzene rings is 2. The normalized spacial score (nSPS) is 19.3. The molecular formula is C18H17FN2O2S2. The van der Waals surface area contributed by atoms with Gasteiger partial charge in [-0.1, -0.05) is 24.6 Å². The van der Waals surface area contributed by atoms with Crippen LogP contribution in [0.4, 0.5) is 4.39 Å². The highest BCUT2D eigenvalue weighted by Crippen LogP contribution is 2.38. The molecule has 1 fully saturated rings. The number of para-hydroxylation sites is 1. The van der Waals surface area contributed by atoms with E-state index in [-0.39, 0.29) is 10.9 Å². The van der Waals surface area contributed by atoms with Crippen LogP contribution in [0.5, 0.6) is 0 Å². The summed E-state index contributed by atoms with van der Waals surface area (Å²) in [7, 11) is -3.76. The second-order valence-electron chi connectivity index (χ2n) is 6.10. The molecule has 0 spiro atoms. The summed E-state index contributed by atoms with van der Waals surface area (Å²) in [5.41, 5.74) is 0.885. The molecule has 1 aliphatic rings. The first-order valence-corrected chi connectivity index (χ1v) is 10.4. The maximum absolute atomic E-state index is 13.5. The number of hydrogen-bond acceptors (Lipinski definition) is 4. The Bertz CT molecular complexity index is 984. The summed E-state index contributed by atoms with van der Waals surface area (Å²) in [5.74, 6) is -0.547. The van der Waals surface area contributed by atoms with Crippen LogP contribution in [0.25, 0.3) is 10.2 Å². The van der Waals surface area contributed by atoms with Crippen LogP contribution in [0, 0.1) is 5.82 Å². The topological polar surface area (TPSA) is 50.3 Å². The molecule has 2 aromatic carbocycles. The van der Waals surface area contributed by atoms with Crippen molar-refractivity contribution in [2.75, 3.05) is 6.54 Å². The number of piperidine rings is 1. The third-order valence-electron chi connectivity index (χ3n) is 4.45. The van der Waals surface area contributed by atoms with Gasteiger partial charge in [-0.25, -0.2) is 17.8 Å². The lowest BCUT2D eigenvalue weighted by Crippen LogP contribution is -2.38. The van der Waals surface area contributed by atoms with Crippen molar-refractivity contribution >= 4 is 31.6 Å². The average molecular weight is 376 g/mol. The highest BCUT2D eigenvalue weighted by atomic mass is 32.2. The summed E-state index contributed by atoms with van der Waals surface area (Å²) >= 11 is 1.53. The van der Waals surface area contributed by atoms with Crippen molar-refractivity contribution in [3.8, 4) is 0 Å². The van der Waals surface area contributed by atoms with Crippen LogP contribution in [0.2, 0.25) is 0 Å². The number of aromatic nitrogens is 1. The Morgan fingerprint density at radius 3 is 2.76 bits per heavy atom. The van der Waals surface area contributed by atoms with Gasteiger partial charge in [0, 0.05) is 6.54 Å². The molecule has 1 aromatic heterocycles. The largest absolute Gasteiger partial charge is 0.243 e. The molecule has 0 N–H and O–H groups in total. The summed E-state index contributed by atoms with van der Waals surface area (Å²) in [4.78, 5) is 4.65. The van der Waals surface area contributed by atoms with E-state index in [0.717, 1.165) is 40.6 Å². The van der Waals surface area contributed by atoms with Crippen LogP contribution < -0.4 is 0 Å². The molecule has 0 aliphatic carbocycles. The Labute approximate surface area is 150 Å². The van der Waals surface area contributed by atoms with Gasteiger partial charge >= 0.3 is 0 Å². The van der Waals surface area contributed by atoms with Crippen molar-refractivity contribution < 1.29 is 12.8 Å². The van der Waals surface area contributed by atoms with E-state index in [2.05, 4.69) is 4.98 Å². The van der Waals surface area contributed by atoms with Crippen LogP contribution in [0.1, 0.15) is 30.3 Å². The third-order valence-corrected chi connectivity index (χ3v) is 7.49. The van der Waals surface area contributed by atoms with Gasteiger partial charge in [-0.3, -0.25) is 0 Å². The number of fused-ring (bicyclic) bond motifs is 1. The lowest BCUT2D eigenvalue weighted by atomic mass is 10.1. The maximum atomic E-state index is 13.5. The van der Waals surface area contributed by atoms with Crippen molar-refractivity contribution in [1.82, 2.24) is 9.29 Å². The van der Waals surface area contributed by atoms with Crippen LogP contribution in [-0.4, -0.2) is 24.3 Å². The van der Waals surface area contributed by atoms with E-state index >= 15 is 0 Å². The third kappa shape index (κ3) is 3.07. The fraction of sp³-hybridized carbons (Fsp3) is 0.278. The quantitative estimate of drug-likeness (QED) is 0.683. The van der Waals surface area contributed by atoms with Crippen molar-refractivity contribution in [3.05, 3.63) is 59.4 Å². The Hall–Kier alpha value is -1.83.